The number of aromatic nitrogens is 4. The van der Waals surface area contributed by atoms with Gasteiger partial charge in [0.2, 0.25) is 0 Å². The van der Waals surface area contributed by atoms with Gasteiger partial charge in [-0.05, 0) is 58.7 Å². The van der Waals surface area contributed by atoms with E-state index in [0.29, 0.717) is 0 Å². The number of hydrogen-bond acceptors (Lipinski definition) is 0. The molecule has 2 aliphatic rings. The molecule has 272 valence electrons. The highest BCUT2D eigenvalue weighted by Crippen LogP contribution is 2.54. The second-order valence-electron chi connectivity index (χ2n) is 18.1. The van der Waals surface area contributed by atoms with Crippen LogP contribution in [0, 0.1) is 0 Å². The van der Waals surface area contributed by atoms with Crippen molar-refractivity contribution < 1.29 is 0 Å². The number of para-hydroxylation sites is 6. The molecule has 0 aliphatic carbocycles. The van der Waals surface area contributed by atoms with Crippen LogP contribution in [-0.2, 0) is 10.8 Å². The second-order valence-corrected chi connectivity index (χ2v) is 18.1. The highest BCUT2D eigenvalue weighted by Gasteiger charge is 2.39. The van der Waals surface area contributed by atoms with Gasteiger partial charge < -0.3 is 17.9 Å². The molecular formula is C54H36N4. The van der Waals surface area contributed by atoms with Crippen molar-refractivity contribution in [3.63, 3.8) is 0 Å². The summed E-state index contributed by atoms with van der Waals surface area (Å²) in [4.78, 5) is 0. The van der Waals surface area contributed by atoms with E-state index in [4.69, 9.17) is 0 Å². The maximum absolute atomic E-state index is 2.66. The first kappa shape index (κ1) is 30.1. The van der Waals surface area contributed by atoms with Crippen molar-refractivity contribution in [1.29, 1.82) is 0 Å². The van der Waals surface area contributed by atoms with E-state index in [9.17, 15) is 0 Å². The molecule has 58 heavy (non-hydrogen) atoms. The van der Waals surface area contributed by atoms with E-state index in [2.05, 4.69) is 191 Å². The van der Waals surface area contributed by atoms with Crippen LogP contribution in [0.5, 0.6) is 0 Å². The topological polar surface area (TPSA) is 18.7 Å². The minimum atomic E-state index is -0.146. The number of fused-ring (bicyclic) bond motifs is 20. The highest BCUT2D eigenvalue weighted by atomic mass is 15.1. The Hall–Kier alpha value is -7.04. The molecule has 0 saturated carbocycles. The molecule has 5 aromatic heterocycles. The summed E-state index contributed by atoms with van der Waals surface area (Å²) in [5, 5.41) is 10.4. The lowest BCUT2D eigenvalue weighted by Crippen LogP contribution is -2.26. The number of benzene rings is 8. The van der Waals surface area contributed by atoms with Gasteiger partial charge in [-0.3, -0.25) is 0 Å². The van der Waals surface area contributed by atoms with Crippen LogP contribution in [0.25, 0.3) is 110 Å². The molecule has 0 unspecified atom stereocenters. The summed E-state index contributed by atoms with van der Waals surface area (Å²) in [6.07, 6.45) is 0. The zero-order valence-electron chi connectivity index (χ0n) is 32.6. The van der Waals surface area contributed by atoms with Crippen molar-refractivity contribution >= 4 is 98.3 Å². The Bertz CT molecular complexity index is 3810. The lowest BCUT2D eigenvalue weighted by molar-refractivity contribution is 0.630. The minimum absolute atomic E-state index is 0.146. The average molecular weight is 741 g/mol. The molecule has 0 fully saturated rings. The van der Waals surface area contributed by atoms with E-state index in [0.717, 1.165) is 0 Å². The van der Waals surface area contributed by atoms with Gasteiger partial charge in [0, 0.05) is 53.9 Å². The Morgan fingerprint density at radius 3 is 1.12 bits per heavy atom. The quantitative estimate of drug-likeness (QED) is 0.138. The van der Waals surface area contributed by atoms with Crippen LogP contribution >= 0.6 is 0 Å². The van der Waals surface area contributed by atoms with Crippen LogP contribution in [0.2, 0.25) is 0 Å². The number of rotatable bonds is 0. The molecule has 0 radical (unpaired) electrons. The lowest BCUT2D eigenvalue weighted by Gasteiger charge is -2.34. The van der Waals surface area contributed by atoms with Crippen molar-refractivity contribution in [2.75, 3.05) is 0 Å². The predicted molar refractivity (Wildman–Crippen MR) is 242 cm³/mol. The Morgan fingerprint density at radius 1 is 0.293 bits per heavy atom. The van der Waals surface area contributed by atoms with Gasteiger partial charge >= 0.3 is 0 Å². The van der Waals surface area contributed by atoms with Gasteiger partial charge in [0.1, 0.15) is 0 Å². The van der Waals surface area contributed by atoms with Gasteiger partial charge in [0.25, 0.3) is 0 Å². The molecule has 0 spiro atoms. The van der Waals surface area contributed by atoms with Crippen molar-refractivity contribution in [3.05, 3.63) is 168 Å². The van der Waals surface area contributed by atoms with Crippen molar-refractivity contribution in [2.45, 2.75) is 38.5 Å². The maximum atomic E-state index is 2.66. The van der Waals surface area contributed by atoms with E-state index >= 15 is 0 Å². The van der Waals surface area contributed by atoms with Crippen LogP contribution in [0.3, 0.4) is 0 Å². The molecule has 4 nitrogen and oxygen atoms in total. The molecule has 15 rings (SSSR count). The standard InChI is InChI=1S/C54H36N4/c1-53(2)37-19-7-11-25-43(37)57-45-31(17-13-21-39(45)53)35-27-33-29-15-5-10-24-42(29)56-47(33)51(49(35)57)55-41-23-9-6-16-30(41)34-28-36-32-18-14-22-40-46(32)58(50(36)52(56)48(34)55)44-26-12-8-20-38(44)54(40,3)4/h5-28H,1-4H3. The first-order chi connectivity index (χ1) is 28.4. The molecule has 0 N–H and O–H groups in total. The summed E-state index contributed by atoms with van der Waals surface area (Å²) in [5.41, 5.74) is 20.4. The van der Waals surface area contributed by atoms with Gasteiger partial charge in [0.05, 0.1) is 66.5 Å². The summed E-state index contributed by atoms with van der Waals surface area (Å²) < 4.78 is 10.6. The van der Waals surface area contributed by atoms with E-state index in [-0.39, 0.29) is 10.8 Å². The summed E-state index contributed by atoms with van der Waals surface area (Å²) in [6, 6.07) is 55.5. The van der Waals surface area contributed by atoms with Crippen molar-refractivity contribution in [3.8, 4) is 11.4 Å². The fraction of sp³-hybridized carbons (Fsp3) is 0.111. The van der Waals surface area contributed by atoms with Crippen LogP contribution in [-0.4, -0.2) is 17.9 Å². The molecule has 13 aromatic rings. The molecule has 4 heteroatoms. The Labute approximate surface area is 332 Å². The predicted octanol–water partition coefficient (Wildman–Crippen LogP) is 13.7. The molecule has 0 saturated heterocycles. The Kier molecular flexibility index (Phi) is 4.88. The van der Waals surface area contributed by atoms with Crippen LogP contribution in [0.1, 0.15) is 49.9 Å². The third-order valence-corrected chi connectivity index (χ3v) is 14.8. The first-order valence-corrected chi connectivity index (χ1v) is 20.6. The zero-order chi connectivity index (χ0) is 38.1. The zero-order valence-corrected chi connectivity index (χ0v) is 32.6. The largest absolute Gasteiger partial charge is 0.307 e. The average Bonchev–Trinajstić information content (AvgIpc) is 3.98. The molecular weight excluding hydrogens is 705 g/mol. The van der Waals surface area contributed by atoms with Crippen molar-refractivity contribution in [1.82, 2.24) is 17.9 Å². The van der Waals surface area contributed by atoms with Gasteiger partial charge in [-0.2, -0.15) is 0 Å². The SMILES string of the molecule is CC1(C)c2ccccc2-n2c3c1cccc3c1cc3c4ccccc4n4c3c(c12)n1c2ccccc2c2cc3c5cccc6c5n(c3c4c21)-c1ccccc1C6(C)C. The fourth-order valence-corrected chi connectivity index (χ4v) is 12.3. The highest BCUT2D eigenvalue weighted by molar-refractivity contribution is 6.34. The Morgan fingerprint density at radius 2 is 0.655 bits per heavy atom. The van der Waals surface area contributed by atoms with E-state index in [1.807, 2.05) is 0 Å². The molecule has 2 aliphatic heterocycles. The van der Waals surface area contributed by atoms with Gasteiger partial charge in [-0.15, -0.1) is 0 Å². The molecule has 0 atom stereocenters. The van der Waals surface area contributed by atoms with Crippen LogP contribution < -0.4 is 0 Å². The molecule has 7 heterocycles. The summed E-state index contributed by atoms with van der Waals surface area (Å²) in [6.45, 7) is 9.58. The number of hydrogen-bond donors (Lipinski definition) is 0. The summed E-state index contributed by atoms with van der Waals surface area (Å²) >= 11 is 0. The van der Waals surface area contributed by atoms with Gasteiger partial charge in [-0.1, -0.05) is 137 Å². The molecule has 0 bridgehead atoms. The third kappa shape index (κ3) is 3.02. The van der Waals surface area contributed by atoms with Crippen molar-refractivity contribution in [2.24, 2.45) is 0 Å². The summed E-state index contributed by atoms with van der Waals surface area (Å²) in [5.74, 6) is 0. The van der Waals surface area contributed by atoms with Crippen LogP contribution in [0.4, 0.5) is 0 Å². The lowest BCUT2D eigenvalue weighted by atomic mass is 9.75. The first-order valence-electron chi connectivity index (χ1n) is 20.6. The minimum Gasteiger partial charge on any atom is -0.307 e. The van der Waals surface area contributed by atoms with E-state index < -0.39 is 0 Å². The molecule has 8 aromatic carbocycles. The Balaban J connectivity index is 1.33. The van der Waals surface area contributed by atoms with E-state index in [1.165, 1.54) is 132 Å². The normalized spacial score (nSPS) is 15.5. The third-order valence-electron chi connectivity index (χ3n) is 14.8. The molecule has 0 amide bonds. The van der Waals surface area contributed by atoms with Gasteiger partial charge in [0.15, 0.2) is 0 Å². The fourth-order valence-electron chi connectivity index (χ4n) is 12.3. The smallest absolute Gasteiger partial charge is 0.0960 e. The number of nitrogens with zero attached hydrogens (tertiary/aromatic N) is 4. The monoisotopic (exact) mass is 740 g/mol. The van der Waals surface area contributed by atoms with Gasteiger partial charge in [-0.25, -0.2) is 0 Å². The van der Waals surface area contributed by atoms with E-state index in [1.54, 1.807) is 0 Å². The van der Waals surface area contributed by atoms with Crippen LogP contribution in [0.15, 0.2) is 146 Å². The maximum Gasteiger partial charge on any atom is 0.0960 e. The second kappa shape index (κ2) is 9.39. The summed E-state index contributed by atoms with van der Waals surface area (Å²) in [7, 11) is 0.